The van der Waals surface area contributed by atoms with Gasteiger partial charge >= 0.3 is 5.97 Å². The Balaban J connectivity index is 2.18. The van der Waals surface area contributed by atoms with Gasteiger partial charge in [0.25, 0.3) is 0 Å². The maximum Gasteiger partial charge on any atom is 0.326 e. The first-order chi connectivity index (χ1) is 11.8. The van der Waals surface area contributed by atoms with Crippen LogP contribution in [0, 0.1) is 13.8 Å². The van der Waals surface area contributed by atoms with E-state index in [0.29, 0.717) is 5.76 Å². The second-order valence-corrected chi connectivity index (χ2v) is 6.36. The first kappa shape index (κ1) is 18.7. The van der Waals surface area contributed by atoms with Gasteiger partial charge in [-0.3, -0.25) is 4.79 Å². The predicted octanol–water partition coefficient (Wildman–Crippen LogP) is 3.29. The minimum Gasteiger partial charge on any atom is -0.480 e. The Morgan fingerprint density at radius 3 is 2.36 bits per heavy atom. The van der Waals surface area contributed by atoms with Crippen LogP contribution in [-0.2, 0) is 16.1 Å². The number of carboxylic acid groups (broad SMARTS) is 1. The van der Waals surface area contributed by atoms with Gasteiger partial charge in [0.05, 0.1) is 5.69 Å². The number of hydrogen-bond acceptors (Lipinski definition) is 4. The summed E-state index contributed by atoms with van der Waals surface area (Å²) in [6.07, 6.45) is 0.202. The molecule has 2 aromatic rings. The minimum absolute atomic E-state index is 0.0991. The molecule has 134 valence electrons. The zero-order valence-corrected chi connectivity index (χ0v) is 15.0. The zero-order chi connectivity index (χ0) is 18.6. The van der Waals surface area contributed by atoms with Crippen LogP contribution < -0.4 is 0 Å². The first-order valence-electron chi connectivity index (χ1n) is 8.30. The van der Waals surface area contributed by atoms with Gasteiger partial charge in [0, 0.05) is 18.5 Å². The number of carbonyl (C=O) groups excluding carboxylic acids is 1. The first-order valence-corrected chi connectivity index (χ1v) is 8.30. The number of carbonyl (C=O) groups is 2. The summed E-state index contributed by atoms with van der Waals surface area (Å²) in [5, 5.41) is 13.3. The highest BCUT2D eigenvalue weighted by Gasteiger charge is 2.28. The van der Waals surface area contributed by atoms with Crippen LogP contribution in [-0.4, -0.2) is 33.1 Å². The molecule has 0 radical (unpaired) electrons. The summed E-state index contributed by atoms with van der Waals surface area (Å²) in [6.45, 7) is 7.38. The average molecular weight is 344 g/mol. The van der Waals surface area contributed by atoms with Crippen molar-refractivity contribution < 1.29 is 19.2 Å². The van der Waals surface area contributed by atoms with Crippen LogP contribution in [0.15, 0.2) is 34.9 Å². The molecule has 25 heavy (non-hydrogen) atoms. The molecule has 0 fully saturated rings. The van der Waals surface area contributed by atoms with Gasteiger partial charge in [0.1, 0.15) is 11.8 Å². The van der Waals surface area contributed by atoms with E-state index in [1.54, 1.807) is 0 Å². The Labute approximate surface area is 147 Å². The molecule has 1 N–H and O–H groups in total. The Hall–Kier alpha value is -2.63. The molecule has 1 amide bonds. The lowest BCUT2D eigenvalue weighted by Gasteiger charge is -2.28. The zero-order valence-electron chi connectivity index (χ0n) is 15.0. The monoisotopic (exact) mass is 344 g/mol. The van der Waals surface area contributed by atoms with Gasteiger partial charge < -0.3 is 14.5 Å². The minimum atomic E-state index is -1.02. The van der Waals surface area contributed by atoms with Crippen molar-refractivity contribution in [1.29, 1.82) is 0 Å². The average Bonchev–Trinajstić information content (AvgIpc) is 2.91. The van der Waals surface area contributed by atoms with E-state index in [-0.39, 0.29) is 24.8 Å². The fraction of sp³-hybridized carbons (Fsp3) is 0.421. The number of hydrogen-bond donors (Lipinski definition) is 1. The highest BCUT2D eigenvalue weighted by atomic mass is 16.5. The molecular weight excluding hydrogens is 320 g/mol. The van der Waals surface area contributed by atoms with Crippen molar-refractivity contribution in [2.45, 2.75) is 52.6 Å². The van der Waals surface area contributed by atoms with Crippen LogP contribution in [0.3, 0.4) is 0 Å². The van der Waals surface area contributed by atoms with E-state index in [1.807, 2.05) is 51.1 Å². The van der Waals surface area contributed by atoms with Gasteiger partial charge in [-0.15, -0.1) is 0 Å². The molecule has 1 heterocycles. The third-order valence-corrected chi connectivity index (χ3v) is 4.40. The van der Waals surface area contributed by atoms with Crippen LogP contribution in [0.1, 0.15) is 48.8 Å². The number of aromatic nitrogens is 1. The summed E-state index contributed by atoms with van der Waals surface area (Å²) < 4.78 is 5.17. The standard InChI is InChI=1S/C19H24N2O4/c1-12(18-13(2)20-25-15(18)4)10-17(22)21(14(3)19(23)24)11-16-8-6-5-7-9-16/h5-9,12,14H,10-11H2,1-4H3,(H,23,24). The molecule has 1 aromatic carbocycles. The molecule has 0 bridgehead atoms. The fourth-order valence-corrected chi connectivity index (χ4v) is 3.03. The van der Waals surface area contributed by atoms with E-state index >= 15 is 0 Å². The number of aryl methyl sites for hydroxylation is 2. The Kier molecular flexibility index (Phi) is 5.96. The summed E-state index contributed by atoms with van der Waals surface area (Å²) in [5.74, 6) is -0.628. The Bertz CT molecular complexity index is 720. The highest BCUT2D eigenvalue weighted by molar-refractivity contribution is 5.83. The van der Waals surface area contributed by atoms with Crippen molar-refractivity contribution in [1.82, 2.24) is 10.1 Å². The van der Waals surface area contributed by atoms with Gasteiger partial charge in [0.15, 0.2) is 0 Å². The lowest BCUT2D eigenvalue weighted by Crippen LogP contribution is -2.43. The largest absolute Gasteiger partial charge is 0.480 e. The maximum absolute atomic E-state index is 12.8. The number of nitrogens with zero attached hydrogens (tertiary/aromatic N) is 2. The summed E-state index contributed by atoms with van der Waals surface area (Å²) in [5.41, 5.74) is 2.57. The SMILES string of the molecule is Cc1noc(C)c1C(C)CC(=O)N(Cc1ccccc1)C(C)C(=O)O. The molecule has 6 nitrogen and oxygen atoms in total. The van der Waals surface area contributed by atoms with Crippen molar-refractivity contribution >= 4 is 11.9 Å². The molecule has 0 saturated heterocycles. The van der Waals surface area contributed by atoms with Crippen LogP contribution in [0.2, 0.25) is 0 Å². The second-order valence-electron chi connectivity index (χ2n) is 6.36. The third kappa shape index (κ3) is 4.47. The van der Waals surface area contributed by atoms with Crippen LogP contribution >= 0.6 is 0 Å². The lowest BCUT2D eigenvalue weighted by atomic mass is 9.95. The lowest BCUT2D eigenvalue weighted by molar-refractivity contribution is -0.150. The number of aliphatic carboxylic acids is 1. The number of carboxylic acids is 1. The van der Waals surface area contributed by atoms with Crippen molar-refractivity contribution in [2.75, 3.05) is 0 Å². The molecule has 2 atom stereocenters. The number of benzene rings is 1. The highest BCUT2D eigenvalue weighted by Crippen LogP contribution is 2.27. The van der Waals surface area contributed by atoms with E-state index in [4.69, 9.17) is 4.52 Å². The van der Waals surface area contributed by atoms with Crippen LogP contribution in [0.25, 0.3) is 0 Å². The molecule has 0 saturated carbocycles. The molecule has 0 aliphatic heterocycles. The van der Waals surface area contributed by atoms with E-state index in [2.05, 4.69) is 5.16 Å². The van der Waals surface area contributed by atoms with E-state index < -0.39 is 12.0 Å². The second kappa shape index (κ2) is 7.96. The summed E-state index contributed by atoms with van der Waals surface area (Å²) in [4.78, 5) is 25.7. The van der Waals surface area contributed by atoms with E-state index in [0.717, 1.165) is 16.8 Å². The summed E-state index contributed by atoms with van der Waals surface area (Å²) in [7, 11) is 0. The molecule has 0 aliphatic carbocycles. The Morgan fingerprint density at radius 1 is 1.20 bits per heavy atom. The van der Waals surface area contributed by atoms with E-state index in [1.165, 1.54) is 11.8 Å². The molecule has 2 rings (SSSR count). The van der Waals surface area contributed by atoms with Gasteiger partial charge in [-0.1, -0.05) is 42.4 Å². The van der Waals surface area contributed by atoms with Gasteiger partial charge in [-0.2, -0.15) is 0 Å². The van der Waals surface area contributed by atoms with Crippen molar-refractivity contribution in [3.63, 3.8) is 0 Å². The van der Waals surface area contributed by atoms with E-state index in [9.17, 15) is 14.7 Å². The Morgan fingerprint density at radius 2 is 1.84 bits per heavy atom. The smallest absolute Gasteiger partial charge is 0.326 e. The van der Waals surface area contributed by atoms with Gasteiger partial charge in [-0.25, -0.2) is 4.79 Å². The molecular formula is C19H24N2O4. The van der Waals surface area contributed by atoms with Crippen molar-refractivity contribution in [2.24, 2.45) is 0 Å². The summed E-state index contributed by atoms with van der Waals surface area (Å²) in [6, 6.07) is 8.49. The maximum atomic E-state index is 12.8. The predicted molar refractivity (Wildman–Crippen MR) is 93.1 cm³/mol. The summed E-state index contributed by atoms with van der Waals surface area (Å²) >= 11 is 0. The fourth-order valence-electron chi connectivity index (χ4n) is 3.03. The molecule has 2 unspecified atom stereocenters. The topological polar surface area (TPSA) is 83.6 Å². The molecule has 0 aliphatic rings. The van der Waals surface area contributed by atoms with Crippen LogP contribution in [0.5, 0.6) is 0 Å². The van der Waals surface area contributed by atoms with Crippen molar-refractivity contribution in [3.8, 4) is 0 Å². The van der Waals surface area contributed by atoms with Crippen LogP contribution in [0.4, 0.5) is 0 Å². The molecule has 6 heteroatoms. The third-order valence-electron chi connectivity index (χ3n) is 4.40. The molecule has 1 aromatic heterocycles. The van der Waals surface area contributed by atoms with Gasteiger partial charge in [0.2, 0.25) is 5.91 Å². The normalized spacial score (nSPS) is 13.3. The number of amides is 1. The quantitative estimate of drug-likeness (QED) is 0.833. The molecule has 0 spiro atoms. The van der Waals surface area contributed by atoms with Crippen molar-refractivity contribution in [3.05, 3.63) is 52.9 Å². The van der Waals surface area contributed by atoms with Gasteiger partial charge in [-0.05, 0) is 32.3 Å². The number of rotatable bonds is 7.